The van der Waals surface area contributed by atoms with Crippen molar-refractivity contribution in [2.45, 2.75) is 52.4 Å². The van der Waals surface area contributed by atoms with Crippen molar-refractivity contribution in [2.24, 2.45) is 0 Å². The lowest BCUT2D eigenvalue weighted by Gasteiger charge is -2.46. The first-order chi connectivity index (χ1) is 46.8. The summed E-state index contributed by atoms with van der Waals surface area (Å²) in [5.74, 6) is 0. The van der Waals surface area contributed by atoms with Crippen molar-refractivity contribution in [1.82, 2.24) is 4.57 Å². The number of rotatable bonds is 7. The molecule has 0 bridgehead atoms. The van der Waals surface area contributed by atoms with Gasteiger partial charge in [0, 0.05) is 55.7 Å². The van der Waals surface area contributed by atoms with Gasteiger partial charge in [-0.05, 0) is 144 Å². The van der Waals surface area contributed by atoms with Gasteiger partial charge >= 0.3 is 0 Å². The summed E-state index contributed by atoms with van der Waals surface area (Å²) in [5.41, 5.74) is 15.6. The van der Waals surface area contributed by atoms with Crippen LogP contribution in [0.2, 0.25) is 0 Å². The number of furan rings is 1. The third-order valence-electron chi connectivity index (χ3n) is 17.2. The van der Waals surface area contributed by atoms with Crippen molar-refractivity contribution in [1.29, 1.82) is 0 Å². The SMILES string of the molecule is [2H]c1c([2H])c([2H])c(-c2ccc3c(c2)N(c2cc(-c4ccccc4)cc4oc5ccccc5c24)c2cc(C(C)(C)C)cc4c2B3c2ccc(-n3c5c([2H])c([2H])c([2H])c([2H])c5c5c([2H])c([2H])c([2H])c([2H])c53)cc2N4c2c(-c3ccccc3)cc(C(C)(C)C)cc2-c2ccccc2)c([2H])c1[2H]. The first kappa shape index (κ1) is 38.6. The smallest absolute Gasteiger partial charge is 0.252 e. The Morgan fingerprint density at radius 1 is 0.376 bits per heavy atom. The quantitative estimate of drug-likeness (QED) is 0.149. The molecule has 2 aliphatic rings. The highest BCUT2D eigenvalue weighted by Crippen LogP contribution is 2.54. The van der Waals surface area contributed by atoms with Crippen molar-refractivity contribution in [2.75, 3.05) is 9.80 Å². The molecule has 0 saturated heterocycles. The van der Waals surface area contributed by atoms with Crippen LogP contribution < -0.4 is 26.2 Å². The van der Waals surface area contributed by atoms with E-state index in [2.05, 4.69) is 130 Å². The molecule has 0 spiro atoms. The molecular weight excluding hydrogens is 1030 g/mol. The number of fused-ring (bicyclic) bond motifs is 10. The molecule has 2 aromatic heterocycles. The predicted molar refractivity (Wildman–Crippen MR) is 361 cm³/mol. The first-order valence-electron chi connectivity index (χ1n) is 35.3. The van der Waals surface area contributed by atoms with E-state index >= 15 is 0 Å². The normalized spacial score (nSPS) is 15.1. The van der Waals surface area contributed by atoms with Crippen LogP contribution >= 0.6 is 0 Å². The molecule has 14 aromatic rings. The Morgan fingerprint density at radius 3 is 1.52 bits per heavy atom. The topological polar surface area (TPSA) is 24.6 Å². The van der Waals surface area contributed by atoms with E-state index in [1.54, 1.807) is 4.57 Å². The Labute approximate surface area is 515 Å². The summed E-state index contributed by atoms with van der Waals surface area (Å²) < 4.78 is 129. The average molecular weight is 1110 g/mol. The maximum absolute atomic E-state index is 9.70. The minimum Gasteiger partial charge on any atom is -0.456 e. The van der Waals surface area contributed by atoms with Gasteiger partial charge in [0.15, 0.2) is 0 Å². The van der Waals surface area contributed by atoms with Crippen LogP contribution in [0, 0.1) is 0 Å². The lowest BCUT2D eigenvalue weighted by atomic mass is 9.33. The van der Waals surface area contributed by atoms with Gasteiger partial charge in [0.25, 0.3) is 6.71 Å². The second kappa shape index (κ2) is 19.2. The lowest BCUT2D eigenvalue weighted by molar-refractivity contribution is 0.590. The maximum Gasteiger partial charge on any atom is 0.252 e. The second-order valence-corrected chi connectivity index (χ2v) is 24.3. The van der Waals surface area contributed by atoms with Crippen LogP contribution in [0.25, 0.3) is 93.9 Å². The Bertz CT molecular complexity index is 5620. The summed E-state index contributed by atoms with van der Waals surface area (Å²) in [4.78, 5) is 4.62. The molecule has 0 amide bonds. The highest BCUT2D eigenvalue weighted by Gasteiger charge is 2.46. The van der Waals surface area contributed by atoms with E-state index in [1.807, 2.05) is 109 Å². The number of hydrogen-bond donors (Lipinski definition) is 0. The molecule has 0 saturated carbocycles. The number of aromatic nitrogens is 1. The van der Waals surface area contributed by atoms with Gasteiger partial charge in [-0.1, -0.05) is 235 Å². The maximum atomic E-state index is 9.70. The average Bonchev–Trinajstić information content (AvgIpc) is 0.775. The monoisotopic (exact) mass is 1100 g/mol. The van der Waals surface area contributed by atoms with Crippen LogP contribution in [0.4, 0.5) is 34.1 Å². The summed E-state index contributed by atoms with van der Waals surface area (Å²) in [6, 6.07) is 57.8. The summed E-state index contributed by atoms with van der Waals surface area (Å²) in [5, 5.41) is 1.60. The van der Waals surface area contributed by atoms with E-state index in [9.17, 15) is 8.22 Å². The van der Waals surface area contributed by atoms with Crippen LogP contribution in [0.3, 0.4) is 0 Å². The van der Waals surface area contributed by atoms with Gasteiger partial charge in [-0.3, -0.25) is 0 Å². The van der Waals surface area contributed by atoms with Gasteiger partial charge in [-0.15, -0.1) is 0 Å². The molecule has 16 rings (SSSR count). The summed E-state index contributed by atoms with van der Waals surface area (Å²) in [6.07, 6.45) is 0. The predicted octanol–water partition coefficient (Wildman–Crippen LogP) is 20.0. The Kier molecular flexibility index (Phi) is 8.74. The molecule has 2 aliphatic heterocycles. The highest BCUT2D eigenvalue weighted by molar-refractivity contribution is 7.00. The fourth-order valence-electron chi connectivity index (χ4n) is 13.1. The molecule has 0 radical (unpaired) electrons. The summed E-state index contributed by atoms with van der Waals surface area (Å²) in [6.45, 7) is 12.5. The zero-order valence-electron chi connectivity index (χ0n) is 60.7. The molecule has 0 fully saturated rings. The lowest BCUT2D eigenvalue weighted by Crippen LogP contribution is -2.61. The summed E-state index contributed by atoms with van der Waals surface area (Å²) in [7, 11) is 0. The van der Waals surface area contributed by atoms with Crippen molar-refractivity contribution >= 4 is 101 Å². The number of benzene rings is 12. The standard InChI is InChI=1S/C80H62BN3O/c1-79(2,3)57-46-63(53-29-15-9-16-30-53)78(64(47-57)54-31-17-10-18-32-54)84-70-50-59(82-67-36-22-19-33-60(67)61-34-20-23-37-68(61)82)40-42-66(70)81-65-41-39-55(51-25-11-7-12-26-51)43-69(65)83(72-48-58(80(4,5)6)49-73(84)77(72)81)71-44-56(52-27-13-8-14-28-52)45-75-76(71)62-35-21-24-38-74(62)85-75/h7-50H,1-6H3/i7D,11D,12D,19D,20D,22D,23D,25D,26D,33D,34D,36D,37D. The zero-order chi connectivity index (χ0) is 68.6. The van der Waals surface area contributed by atoms with Gasteiger partial charge in [-0.2, -0.15) is 0 Å². The van der Waals surface area contributed by atoms with E-state index in [0.29, 0.717) is 33.8 Å². The molecule has 0 N–H and O–H groups in total. The number of nitrogens with zero attached hydrogens (tertiary/aromatic N) is 3. The van der Waals surface area contributed by atoms with Crippen molar-refractivity contribution in [3.63, 3.8) is 0 Å². The largest absolute Gasteiger partial charge is 0.456 e. The van der Waals surface area contributed by atoms with Crippen molar-refractivity contribution < 1.29 is 22.2 Å². The summed E-state index contributed by atoms with van der Waals surface area (Å²) >= 11 is 0. The van der Waals surface area contributed by atoms with E-state index in [1.165, 1.54) is 0 Å². The Morgan fingerprint density at radius 2 is 0.894 bits per heavy atom. The van der Waals surface area contributed by atoms with Gasteiger partial charge in [0.2, 0.25) is 0 Å². The molecule has 4 nitrogen and oxygen atoms in total. The highest BCUT2D eigenvalue weighted by atomic mass is 16.3. The van der Waals surface area contributed by atoms with Gasteiger partial charge in [0.05, 0.1) is 45.6 Å². The molecule has 0 atom stereocenters. The molecular formula is C80H62BN3O. The first-order valence-corrected chi connectivity index (χ1v) is 28.8. The van der Waals surface area contributed by atoms with E-state index in [0.717, 1.165) is 94.4 Å². The molecule has 0 unspecified atom stereocenters. The molecule has 12 aromatic carbocycles. The Balaban J connectivity index is 1.12. The van der Waals surface area contributed by atoms with Gasteiger partial charge < -0.3 is 18.8 Å². The molecule has 85 heavy (non-hydrogen) atoms. The molecule has 0 aliphatic carbocycles. The minimum absolute atomic E-state index is 0.0165. The number of para-hydroxylation sites is 3. The molecule has 406 valence electrons. The number of anilines is 6. The van der Waals surface area contributed by atoms with Crippen molar-refractivity contribution in [3.8, 4) is 50.2 Å². The third-order valence-corrected chi connectivity index (χ3v) is 17.2. The van der Waals surface area contributed by atoms with Crippen LogP contribution in [-0.4, -0.2) is 11.3 Å². The number of hydrogen-bond acceptors (Lipinski definition) is 3. The second-order valence-electron chi connectivity index (χ2n) is 24.3. The van der Waals surface area contributed by atoms with E-state index < -0.39 is 78.6 Å². The van der Waals surface area contributed by atoms with Crippen LogP contribution in [0.5, 0.6) is 0 Å². The fraction of sp³-hybridized carbons (Fsp3) is 0.100. The van der Waals surface area contributed by atoms with Crippen LogP contribution in [-0.2, 0) is 10.8 Å². The zero-order valence-corrected chi connectivity index (χ0v) is 47.7. The van der Waals surface area contributed by atoms with Crippen LogP contribution in [0.1, 0.15) is 70.5 Å². The third kappa shape index (κ3) is 8.12. The van der Waals surface area contributed by atoms with Crippen LogP contribution in [0.15, 0.2) is 271 Å². The Hall–Kier alpha value is -10.1. The minimum atomic E-state index is -0.648. The van der Waals surface area contributed by atoms with E-state index in [-0.39, 0.29) is 44.9 Å². The van der Waals surface area contributed by atoms with Gasteiger partial charge in [0.1, 0.15) is 11.2 Å². The van der Waals surface area contributed by atoms with Gasteiger partial charge in [-0.25, -0.2) is 0 Å². The van der Waals surface area contributed by atoms with E-state index in [4.69, 9.17) is 14.0 Å². The fourth-order valence-corrected chi connectivity index (χ4v) is 13.1. The molecule has 4 heterocycles. The van der Waals surface area contributed by atoms with Crippen molar-refractivity contribution in [3.05, 3.63) is 278 Å². The molecule has 5 heteroatoms.